The summed E-state index contributed by atoms with van der Waals surface area (Å²) < 4.78 is 35.6. The van der Waals surface area contributed by atoms with Gasteiger partial charge in [-0.25, -0.2) is 9.36 Å². The molecule has 3 rings (SSSR count). The molecule has 3 aromatic rings. The number of aromatic nitrogens is 3. The Morgan fingerprint density at radius 1 is 1.19 bits per heavy atom. The Morgan fingerprint density at radius 2 is 1.97 bits per heavy atom. The Labute approximate surface area is 183 Å². The number of hydrogen-bond donors (Lipinski definition) is 0. The fraction of sp³-hybridized carbons (Fsp3) is 0.381. The van der Waals surface area contributed by atoms with Crippen molar-refractivity contribution >= 4 is 28.4 Å². The molecule has 1 unspecified atom stereocenters. The summed E-state index contributed by atoms with van der Waals surface area (Å²) in [7, 11) is 3.14. The Bertz CT molecular complexity index is 1080. The number of ether oxygens (including phenoxy) is 4. The van der Waals surface area contributed by atoms with Gasteiger partial charge in [0.15, 0.2) is 12.5 Å². The molecule has 0 aliphatic rings. The molecule has 166 valence electrons. The van der Waals surface area contributed by atoms with E-state index < -0.39 is 17.3 Å². The second-order valence-electron chi connectivity index (χ2n) is 6.67. The van der Waals surface area contributed by atoms with Gasteiger partial charge >= 0.3 is 11.3 Å². The molecule has 0 saturated heterocycles. The number of pyridine rings is 1. The number of hydrogen-bond acceptors (Lipinski definition) is 8. The lowest BCUT2D eigenvalue weighted by Gasteiger charge is -2.15. The number of methoxy groups -OCH3 is 2. The van der Waals surface area contributed by atoms with Crippen LogP contribution in [0.2, 0.25) is 0 Å². The van der Waals surface area contributed by atoms with Gasteiger partial charge in [0.05, 0.1) is 37.6 Å². The van der Waals surface area contributed by atoms with Crippen LogP contribution in [0.25, 0.3) is 11.0 Å². The van der Waals surface area contributed by atoms with E-state index in [0.29, 0.717) is 28.2 Å². The van der Waals surface area contributed by atoms with E-state index in [4.69, 9.17) is 18.9 Å². The van der Waals surface area contributed by atoms with Crippen LogP contribution in [0.3, 0.4) is 0 Å². The highest BCUT2D eigenvalue weighted by atomic mass is 32.2. The van der Waals surface area contributed by atoms with Crippen molar-refractivity contribution in [2.45, 2.75) is 38.4 Å². The van der Waals surface area contributed by atoms with Crippen LogP contribution in [0, 0.1) is 13.8 Å². The standard InChI is InChI=1S/C21H25N3O6S/c1-6-29-21(25)30-12-24-18-9-15(27-4)7-8-16(18)23-20(24)31(26)11-17-14(3)19(28-5)13(2)10-22-17/h7-10H,6,11-12H2,1-5H3. The largest absolute Gasteiger partial charge is 0.609 e. The molecule has 0 radical (unpaired) electrons. The van der Waals surface area contributed by atoms with Gasteiger partial charge in [-0.05, 0) is 32.9 Å². The van der Waals surface area contributed by atoms with Crippen molar-refractivity contribution in [1.29, 1.82) is 0 Å². The molecular formula is C21H25N3O6S. The molecule has 1 aromatic carbocycles. The molecule has 0 amide bonds. The zero-order chi connectivity index (χ0) is 22.5. The molecule has 0 fully saturated rings. The summed E-state index contributed by atoms with van der Waals surface area (Å²) in [4.78, 5) is 20.7. The van der Waals surface area contributed by atoms with Crippen LogP contribution in [0.4, 0.5) is 4.79 Å². The van der Waals surface area contributed by atoms with E-state index in [9.17, 15) is 9.35 Å². The van der Waals surface area contributed by atoms with Crippen LogP contribution in [0.1, 0.15) is 23.7 Å². The Balaban J connectivity index is 1.98. The van der Waals surface area contributed by atoms with Crippen molar-refractivity contribution in [3.05, 3.63) is 41.2 Å². The summed E-state index contributed by atoms with van der Waals surface area (Å²) in [5.74, 6) is 1.44. The second-order valence-corrected chi connectivity index (χ2v) is 8.01. The van der Waals surface area contributed by atoms with Gasteiger partial charge < -0.3 is 23.5 Å². The van der Waals surface area contributed by atoms with Gasteiger partial charge in [-0.1, -0.05) is 0 Å². The number of aryl methyl sites for hydroxylation is 1. The minimum Gasteiger partial charge on any atom is -0.609 e. The maximum absolute atomic E-state index is 13.3. The second kappa shape index (κ2) is 9.88. The predicted molar refractivity (Wildman–Crippen MR) is 115 cm³/mol. The molecule has 0 saturated carbocycles. The van der Waals surface area contributed by atoms with Crippen LogP contribution in [0.5, 0.6) is 11.5 Å². The molecule has 0 aliphatic heterocycles. The number of nitrogens with zero attached hydrogens (tertiary/aromatic N) is 3. The van der Waals surface area contributed by atoms with E-state index in [-0.39, 0.29) is 24.2 Å². The zero-order valence-corrected chi connectivity index (χ0v) is 18.9. The summed E-state index contributed by atoms with van der Waals surface area (Å²) in [6.07, 6.45) is 0.876. The minimum atomic E-state index is -1.57. The van der Waals surface area contributed by atoms with E-state index in [2.05, 4.69) is 9.97 Å². The Morgan fingerprint density at radius 3 is 2.65 bits per heavy atom. The first-order chi connectivity index (χ1) is 14.9. The first kappa shape index (κ1) is 22.7. The van der Waals surface area contributed by atoms with Crippen molar-refractivity contribution in [3.63, 3.8) is 0 Å². The Hall–Kier alpha value is -2.98. The number of imidazole rings is 1. The number of carbonyl (C=O) groups is 1. The molecule has 1 atom stereocenters. The quantitative estimate of drug-likeness (QED) is 0.381. The lowest BCUT2D eigenvalue weighted by molar-refractivity contribution is 0.0357. The van der Waals surface area contributed by atoms with Crippen LogP contribution in [0.15, 0.2) is 29.6 Å². The molecule has 0 spiro atoms. The lowest BCUT2D eigenvalue weighted by atomic mass is 10.1. The van der Waals surface area contributed by atoms with Gasteiger partial charge in [0.2, 0.25) is 0 Å². The van der Waals surface area contributed by atoms with Crippen molar-refractivity contribution in [1.82, 2.24) is 14.5 Å². The normalized spacial score (nSPS) is 11.9. The Kier molecular flexibility index (Phi) is 7.24. The van der Waals surface area contributed by atoms with Gasteiger partial charge in [0, 0.05) is 34.6 Å². The van der Waals surface area contributed by atoms with Crippen LogP contribution >= 0.6 is 0 Å². The smallest absolute Gasteiger partial charge is 0.510 e. The third-order valence-corrected chi connectivity index (χ3v) is 5.97. The van der Waals surface area contributed by atoms with Crippen LogP contribution in [-0.4, -0.2) is 46.1 Å². The predicted octanol–water partition coefficient (Wildman–Crippen LogP) is 3.50. The average Bonchev–Trinajstić information content (AvgIpc) is 3.12. The molecule has 9 nitrogen and oxygen atoms in total. The fourth-order valence-corrected chi connectivity index (χ4v) is 4.45. The molecule has 2 heterocycles. The molecule has 0 N–H and O–H groups in total. The molecule has 0 bridgehead atoms. The van der Waals surface area contributed by atoms with Crippen molar-refractivity contribution in [2.24, 2.45) is 0 Å². The lowest BCUT2D eigenvalue weighted by Crippen LogP contribution is -2.18. The topological polar surface area (TPSA) is 108 Å². The highest BCUT2D eigenvalue weighted by Crippen LogP contribution is 2.29. The summed E-state index contributed by atoms with van der Waals surface area (Å²) in [5.41, 5.74) is 3.59. The molecule has 0 aliphatic carbocycles. The number of fused-ring (bicyclic) bond motifs is 1. The summed E-state index contributed by atoms with van der Waals surface area (Å²) in [6.45, 7) is 5.45. The maximum Gasteiger partial charge on any atom is 0.510 e. The third-order valence-electron chi connectivity index (χ3n) is 4.72. The SMILES string of the molecule is CCOC(=O)OCn1c([S+]([O-])Cc2ncc(C)c(OC)c2C)nc2ccc(OC)cc21. The summed E-state index contributed by atoms with van der Waals surface area (Å²) >= 11 is -1.57. The molecule has 31 heavy (non-hydrogen) atoms. The van der Waals surface area contributed by atoms with Gasteiger partial charge in [-0.3, -0.25) is 4.98 Å². The van der Waals surface area contributed by atoms with E-state index in [0.717, 1.165) is 11.1 Å². The van der Waals surface area contributed by atoms with Crippen molar-refractivity contribution < 1.29 is 28.3 Å². The van der Waals surface area contributed by atoms with E-state index in [1.165, 1.54) is 0 Å². The first-order valence-electron chi connectivity index (χ1n) is 9.60. The molecule has 10 heteroatoms. The van der Waals surface area contributed by atoms with Crippen LogP contribution < -0.4 is 9.47 Å². The van der Waals surface area contributed by atoms with Crippen LogP contribution in [-0.2, 0) is 33.1 Å². The van der Waals surface area contributed by atoms with Crippen molar-refractivity contribution in [3.8, 4) is 11.5 Å². The summed E-state index contributed by atoms with van der Waals surface area (Å²) in [6, 6.07) is 5.26. The van der Waals surface area contributed by atoms with Gasteiger partial charge in [0.1, 0.15) is 11.5 Å². The van der Waals surface area contributed by atoms with Gasteiger partial charge in [-0.15, -0.1) is 0 Å². The average molecular weight is 448 g/mol. The third kappa shape index (κ3) is 4.86. The number of benzene rings is 1. The summed E-state index contributed by atoms with van der Waals surface area (Å²) in [5, 5.41) is 0.258. The van der Waals surface area contributed by atoms with E-state index in [1.54, 1.807) is 50.1 Å². The number of carbonyl (C=O) groups excluding carboxylic acids is 1. The monoisotopic (exact) mass is 447 g/mol. The molecule has 2 aromatic heterocycles. The van der Waals surface area contributed by atoms with Gasteiger partial charge in [0.25, 0.3) is 0 Å². The fourth-order valence-electron chi connectivity index (χ4n) is 3.19. The highest BCUT2D eigenvalue weighted by molar-refractivity contribution is 7.90. The number of rotatable bonds is 8. The first-order valence-corrected chi connectivity index (χ1v) is 10.9. The highest BCUT2D eigenvalue weighted by Gasteiger charge is 2.26. The minimum absolute atomic E-state index is 0.127. The zero-order valence-electron chi connectivity index (χ0n) is 18.1. The molecular weight excluding hydrogens is 422 g/mol. The van der Waals surface area contributed by atoms with E-state index in [1.807, 2.05) is 13.8 Å². The van der Waals surface area contributed by atoms with E-state index >= 15 is 0 Å². The maximum atomic E-state index is 13.3. The van der Waals surface area contributed by atoms with Gasteiger partial charge in [-0.2, -0.15) is 4.98 Å². The van der Waals surface area contributed by atoms with Crippen molar-refractivity contribution in [2.75, 3.05) is 20.8 Å².